The number of carbonyl (C=O) groups is 2. The molecular formula is C31H43F2N3O4S. The van der Waals surface area contributed by atoms with Crippen LogP contribution >= 0.6 is 11.8 Å². The van der Waals surface area contributed by atoms with Crippen molar-refractivity contribution in [2.45, 2.75) is 112 Å². The minimum Gasteiger partial charge on any atom is -0.469 e. The topological polar surface area (TPSA) is 80.8 Å². The third-order valence-electron chi connectivity index (χ3n) is 10.3. The van der Waals surface area contributed by atoms with Gasteiger partial charge in [0.15, 0.2) is 0 Å². The highest BCUT2D eigenvalue weighted by atomic mass is 32.2. The number of hydrogen-bond acceptors (Lipinski definition) is 7. The SMILES string of the molecule is COC(=O)C[C@@H]1CCCN(c2ccc(C(=O)NC3[C@H]4CC5C[C@H]3CC(OC(F)F)(C5)C4)c(SC3CCCCC3)n2)C1. The molecule has 41 heavy (non-hydrogen) atoms. The second-order valence-electron chi connectivity index (χ2n) is 13.2. The average molecular weight is 592 g/mol. The van der Waals surface area contributed by atoms with Gasteiger partial charge >= 0.3 is 12.6 Å². The van der Waals surface area contributed by atoms with Crippen molar-refractivity contribution < 1.29 is 27.8 Å². The maximum atomic E-state index is 13.9. The number of rotatable bonds is 9. The molecule has 1 N–H and O–H groups in total. The minimum atomic E-state index is -2.75. The number of nitrogens with zero attached hydrogens (tertiary/aromatic N) is 2. The summed E-state index contributed by atoms with van der Waals surface area (Å²) in [6.07, 6.45) is 12.2. The fraction of sp³-hybridized carbons (Fsp3) is 0.774. The predicted octanol–water partition coefficient (Wildman–Crippen LogP) is 6.20. The molecule has 10 heteroatoms. The lowest BCUT2D eigenvalue weighted by atomic mass is 9.52. The highest BCUT2D eigenvalue weighted by Gasteiger charge is 2.57. The second-order valence-corrected chi connectivity index (χ2v) is 14.5. The fourth-order valence-electron chi connectivity index (χ4n) is 8.72. The highest BCUT2D eigenvalue weighted by molar-refractivity contribution is 7.99. The van der Waals surface area contributed by atoms with Gasteiger partial charge in [0.2, 0.25) is 0 Å². The summed E-state index contributed by atoms with van der Waals surface area (Å²) in [5, 5.41) is 4.58. The van der Waals surface area contributed by atoms with E-state index in [-0.39, 0.29) is 35.7 Å². The lowest BCUT2D eigenvalue weighted by Gasteiger charge is -2.59. The third-order valence-corrected chi connectivity index (χ3v) is 11.6. The summed E-state index contributed by atoms with van der Waals surface area (Å²) in [4.78, 5) is 33.1. The zero-order valence-electron chi connectivity index (χ0n) is 24.0. The van der Waals surface area contributed by atoms with Gasteiger partial charge in [-0.15, -0.1) is 11.8 Å². The van der Waals surface area contributed by atoms with Gasteiger partial charge in [0.05, 0.1) is 18.3 Å². The number of nitrogens with one attached hydrogen (secondary N) is 1. The summed E-state index contributed by atoms with van der Waals surface area (Å²) in [7, 11) is 1.43. The molecule has 1 amide bonds. The summed E-state index contributed by atoms with van der Waals surface area (Å²) in [5.41, 5.74) is -0.114. The van der Waals surface area contributed by atoms with Crippen molar-refractivity contribution in [3.63, 3.8) is 0 Å². The molecule has 7 nitrogen and oxygen atoms in total. The Morgan fingerprint density at radius 1 is 1.10 bits per heavy atom. The maximum Gasteiger partial charge on any atom is 0.345 e. The molecule has 0 unspecified atom stereocenters. The quantitative estimate of drug-likeness (QED) is 0.343. The van der Waals surface area contributed by atoms with Gasteiger partial charge in [0, 0.05) is 30.8 Å². The first-order valence-corrected chi connectivity index (χ1v) is 16.4. The first-order chi connectivity index (χ1) is 19.8. The molecular weight excluding hydrogens is 548 g/mol. The molecule has 1 aromatic heterocycles. The number of amides is 1. The Morgan fingerprint density at radius 2 is 1.85 bits per heavy atom. The van der Waals surface area contributed by atoms with Gasteiger partial charge in [0.25, 0.3) is 5.91 Å². The van der Waals surface area contributed by atoms with Crippen molar-refractivity contribution in [2.24, 2.45) is 23.7 Å². The van der Waals surface area contributed by atoms with Crippen LogP contribution in [0, 0.1) is 23.7 Å². The normalized spacial score (nSPS) is 33.3. The Bertz CT molecular complexity index is 1100. The average Bonchev–Trinajstić information content (AvgIpc) is 2.94. The van der Waals surface area contributed by atoms with Crippen LogP contribution in [0.2, 0.25) is 0 Å². The van der Waals surface area contributed by atoms with E-state index >= 15 is 0 Å². The van der Waals surface area contributed by atoms with Gasteiger partial charge in [-0.1, -0.05) is 19.3 Å². The number of halogens is 2. The van der Waals surface area contributed by atoms with Crippen molar-refractivity contribution in [2.75, 3.05) is 25.1 Å². The van der Waals surface area contributed by atoms with Gasteiger partial charge in [0.1, 0.15) is 10.8 Å². The van der Waals surface area contributed by atoms with E-state index in [1.54, 1.807) is 11.8 Å². The summed E-state index contributed by atoms with van der Waals surface area (Å²) >= 11 is 1.73. The van der Waals surface area contributed by atoms with E-state index in [4.69, 9.17) is 14.5 Å². The van der Waals surface area contributed by atoms with Crippen LogP contribution in [0.15, 0.2) is 17.2 Å². The number of carbonyl (C=O) groups excluding carboxylic acids is 2. The van der Waals surface area contributed by atoms with Crippen molar-refractivity contribution >= 4 is 29.5 Å². The van der Waals surface area contributed by atoms with Crippen LogP contribution in [0.25, 0.3) is 0 Å². The van der Waals surface area contributed by atoms with Gasteiger partial charge in [-0.2, -0.15) is 8.78 Å². The number of aromatic nitrogens is 1. The molecule has 5 saturated carbocycles. The standard InChI is InChI=1S/C31H43F2N3O4S/c1-39-26(37)14-19-6-5-11-36(18-19)25-10-9-24(29(34-25)41-23-7-3-2-4-8-23)28(38)35-27-21-12-20-13-22(27)17-31(15-20,16-21)40-30(32)33/h9-10,19-23,27,30H,2-8,11-18H2,1H3,(H,35,38)/t19-,20?,21-,22-,27?,31?/m0/s1. The third kappa shape index (κ3) is 6.53. The molecule has 1 aromatic rings. The van der Waals surface area contributed by atoms with E-state index < -0.39 is 12.2 Å². The molecule has 1 aliphatic heterocycles. The van der Waals surface area contributed by atoms with Crippen LogP contribution in [-0.2, 0) is 14.3 Å². The summed E-state index contributed by atoms with van der Waals surface area (Å²) in [6, 6.07) is 3.86. The van der Waals surface area contributed by atoms with E-state index in [1.165, 1.54) is 26.4 Å². The number of piperidine rings is 1. The first kappa shape index (κ1) is 29.1. The smallest absolute Gasteiger partial charge is 0.345 e. The van der Waals surface area contributed by atoms with Crippen molar-refractivity contribution in [1.82, 2.24) is 10.3 Å². The molecule has 226 valence electrons. The summed E-state index contributed by atoms with van der Waals surface area (Å²) in [5.74, 6) is 1.55. The Morgan fingerprint density at radius 3 is 2.56 bits per heavy atom. The van der Waals surface area contributed by atoms with E-state index in [2.05, 4.69) is 10.2 Å². The molecule has 3 atom stereocenters. The maximum absolute atomic E-state index is 13.9. The number of anilines is 1. The van der Waals surface area contributed by atoms with Gasteiger partial charge < -0.3 is 19.7 Å². The Labute approximate surface area is 245 Å². The molecule has 2 heterocycles. The molecule has 1 saturated heterocycles. The van der Waals surface area contributed by atoms with Crippen LogP contribution in [0.5, 0.6) is 0 Å². The molecule has 5 aliphatic carbocycles. The number of thioether (sulfide) groups is 1. The minimum absolute atomic E-state index is 0.0122. The predicted molar refractivity (Wildman–Crippen MR) is 153 cm³/mol. The number of methoxy groups -OCH3 is 1. The van der Waals surface area contributed by atoms with E-state index in [0.717, 1.165) is 68.9 Å². The largest absolute Gasteiger partial charge is 0.469 e. The van der Waals surface area contributed by atoms with E-state index in [0.29, 0.717) is 36.0 Å². The van der Waals surface area contributed by atoms with E-state index in [9.17, 15) is 18.4 Å². The van der Waals surface area contributed by atoms with Crippen molar-refractivity contribution in [3.8, 4) is 0 Å². The number of esters is 1. The van der Waals surface area contributed by atoms with Crippen LogP contribution in [0.4, 0.5) is 14.6 Å². The number of hydrogen-bond donors (Lipinski definition) is 1. The second kappa shape index (κ2) is 12.3. The molecule has 0 aromatic carbocycles. The fourth-order valence-corrected chi connectivity index (χ4v) is 10.0. The Hall–Kier alpha value is -1.94. The Balaban J connectivity index is 1.20. The van der Waals surface area contributed by atoms with Crippen molar-refractivity contribution in [3.05, 3.63) is 17.7 Å². The number of alkyl halides is 2. The van der Waals surface area contributed by atoms with E-state index in [1.807, 2.05) is 12.1 Å². The highest BCUT2D eigenvalue weighted by Crippen LogP contribution is 2.57. The van der Waals surface area contributed by atoms with Gasteiger partial charge in [-0.3, -0.25) is 9.59 Å². The molecule has 0 spiro atoms. The lowest BCUT2D eigenvalue weighted by Crippen LogP contribution is -2.62. The lowest BCUT2D eigenvalue weighted by molar-refractivity contribution is -0.260. The summed E-state index contributed by atoms with van der Waals surface area (Å²) < 4.78 is 36.6. The van der Waals surface area contributed by atoms with Crippen molar-refractivity contribution in [1.29, 1.82) is 0 Å². The van der Waals surface area contributed by atoms with Crippen LogP contribution in [0.1, 0.15) is 93.8 Å². The van der Waals surface area contributed by atoms with Crippen LogP contribution in [-0.4, -0.2) is 60.6 Å². The van der Waals surface area contributed by atoms with Gasteiger partial charge in [-0.05, 0) is 93.6 Å². The number of ether oxygens (including phenoxy) is 2. The van der Waals surface area contributed by atoms with Gasteiger partial charge in [-0.25, -0.2) is 4.98 Å². The number of pyridine rings is 1. The Kier molecular flexibility index (Phi) is 8.78. The van der Waals surface area contributed by atoms with Crippen LogP contribution in [0.3, 0.4) is 0 Å². The van der Waals surface area contributed by atoms with Crippen LogP contribution < -0.4 is 10.2 Å². The molecule has 6 fully saturated rings. The molecule has 7 rings (SSSR count). The molecule has 0 radical (unpaired) electrons. The molecule has 4 bridgehead atoms. The zero-order chi connectivity index (χ0) is 28.6. The molecule has 6 aliphatic rings. The monoisotopic (exact) mass is 591 g/mol. The summed E-state index contributed by atoms with van der Waals surface area (Å²) in [6.45, 7) is -1.13. The first-order valence-electron chi connectivity index (χ1n) is 15.6. The zero-order valence-corrected chi connectivity index (χ0v) is 24.8.